The van der Waals surface area contributed by atoms with E-state index in [1.165, 1.54) is 0 Å². The van der Waals surface area contributed by atoms with Gasteiger partial charge in [-0.3, -0.25) is 4.98 Å². The van der Waals surface area contributed by atoms with Crippen molar-refractivity contribution in [2.45, 2.75) is 12.8 Å². The molecule has 0 atom stereocenters. The van der Waals surface area contributed by atoms with E-state index >= 15 is 0 Å². The minimum Gasteiger partial charge on any atom is -0.440 e. The van der Waals surface area contributed by atoms with Crippen LogP contribution in [-0.2, 0) is 6.42 Å². The van der Waals surface area contributed by atoms with Crippen molar-refractivity contribution in [3.8, 4) is 10.6 Å². The maximum atomic E-state index is 5.58. The summed E-state index contributed by atoms with van der Waals surface area (Å²) in [6, 6.07) is 0. The van der Waals surface area contributed by atoms with Crippen LogP contribution in [0.3, 0.4) is 0 Å². The topological polar surface area (TPSA) is 38.9 Å². The molecule has 0 aliphatic rings. The van der Waals surface area contributed by atoms with Crippen LogP contribution in [-0.4, -0.2) is 15.8 Å². The maximum absolute atomic E-state index is 5.58. The second kappa shape index (κ2) is 4.57. The third-order valence-corrected chi connectivity index (χ3v) is 2.81. The van der Waals surface area contributed by atoms with Gasteiger partial charge in [0.15, 0.2) is 11.7 Å². The van der Waals surface area contributed by atoms with Crippen molar-refractivity contribution in [1.82, 2.24) is 9.97 Å². The quantitative estimate of drug-likeness (QED) is 0.756. The Labute approximate surface area is 90.8 Å². The zero-order valence-corrected chi connectivity index (χ0v) is 9.01. The minimum absolute atomic E-state index is 0.637. The lowest BCUT2D eigenvalue weighted by Gasteiger charge is -1.90. The average molecular weight is 229 g/mol. The highest BCUT2D eigenvalue weighted by Crippen LogP contribution is 2.23. The van der Waals surface area contributed by atoms with Crippen molar-refractivity contribution in [3.05, 3.63) is 23.8 Å². The predicted molar refractivity (Wildman–Crippen MR) is 56.7 cm³/mol. The van der Waals surface area contributed by atoms with Gasteiger partial charge < -0.3 is 4.42 Å². The Morgan fingerprint density at radius 1 is 1.43 bits per heavy atom. The van der Waals surface area contributed by atoms with Gasteiger partial charge in [-0.05, 0) is 6.42 Å². The van der Waals surface area contributed by atoms with Crippen LogP contribution >= 0.6 is 22.9 Å². The molecule has 0 aliphatic heterocycles. The van der Waals surface area contributed by atoms with E-state index < -0.39 is 0 Å². The summed E-state index contributed by atoms with van der Waals surface area (Å²) in [5.74, 6) is 2.17. The molecule has 0 aromatic carbocycles. The molecule has 0 spiro atoms. The summed E-state index contributed by atoms with van der Waals surface area (Å²) >= 11 is 7.12. The molecule has 5 heteroatoms. The summed E-state index contributed by atoms with van der Waals surface area (Å²) in [5.41, 5.74) is 1.77. The van der Waals surface area contributed by atoms with Gasteiger partial charge in [0.1, 0.15) is 0 Å². The molecular weight excluding hydrogens is 220 g/mol. The lowest BCUT2D eigenvalue weighted by atomic mass is 10.3. The minimum atomic E-state index is 0.637. The van der Waals surface area contributed by atoms with Crippen molar-refractivity contribution in [3.63, 3.8) is 0 Å². The molecule has 74 valence electrons. The monoisotopic (exact) mass is 228 g/mol. The summed E-state index contributed by atoms with van der Waals surface area (Å²) in [7, 11) is 0. The van der Waals surface area contributed by atoms with E-state index in [1.807, 2.05) is 0 Å². The highest BCUT2D eigenvalue weighted by Gasteiger charge is 2.06. The third-order valence-electron chi connectivity index (χ3n) is 1.75. The molecule has 14 heavy (non-hydrogen) atoms. The second-order valence-electron chi connectivity index (χ2n) is 2.78. The van der Waals surface area contributed by atoms with E-state index in [0.29, 0.717) is 5.88 Å². The van der Waals surface area contributed by atoms with Gasteiger partial charge in [-0.2, -0.15) is 0 Å². The molecule has 0 aliphatic carbocycles. The number of hydrogen-bond donors (Lipinski definition) is 0. The normalized spacial score (nSPS) is 10.6. The van der Waals surface area contributed by atoms with Crippen LogP contribution in [0.2, 0.25) is 0 Å². The third kappa shape index (κ3) is 2.13. The molecule has 0 amide bonds. The zero-order chi connectivity index (χ0) is 9.80. The number of rotatable bonds is 4. The molecule has 2 heterocycles. The van der Waals surface area contributed by atoms with E-state index in [2.05, 4.69) is 9.97 Å². The maximum Gasteiger partial charge on any atom is 0.194 e. The average Bonchev–Trinajstić information content (AvgIpc) is 2.85. The van der Waals surface area contributed by atoms with Gasteiger partial charge in [0.2, 0.25) is 0 Å². The first-order valence-corrected chi connectivity index (χ1v) is 5.71. The SMILES string of the molecule is ClCCCc1ncc(-c2cncs2)o1. The van der Waals surface area contributed by atoms with E-state index in [9.17, 15) is 0 Å². The van der Waals surface area contributed by atoms with Crippen LogP contribution in [0, 0.1) is 0 Å². The summed E-state index contributed by atoms with van der Waals surface area (Å²) < 4.78 is 5.53. The molecular formula is C9H9ClN2OS. The molecule has 0 saturated carbocycles. The van der Waals surface area contributed by atoms with Gasteiger partial charge in [-0.15, -0.1) is 22.9 Å². The number of aromatic nitrogens is 2. The Hall–Kier alpha value is -0.870. The molecule has 2 aromatic heterocycles. The molecule has 2 rings (SSSR count). The van der Waals surface area contributed by atoms with Crippen molar-refractivity contribution >= 4 is 22.9 Å². The van der Waals surface area contributed by atoms with Gasteiger partial charge in [-0.25, -0.2) is 4.98 Å². The molecule has 2 aromatic rings. The van der Waals surface area contributed by atoms with Gasteiger partial charge >= 0.3 is 0 Å². The van der Waals surface area contributed by atoms with Crippen molar-refractivity contribution in [2.24, 2.45) is 0 Å². The van der Waals surface area contributed by atoms with Gasteiger partial charge in [0.05, 0.1) is 16.6 Å². The Bertz CT molecular complexity index is 385. The number of aryl methyl sites for hydroxylation is 1. The lowest BCUT2D eigenvalue weighted by Crippen LogP contribution is -1.84. The van der Waals surface area contributed by atoms with Crippen LogP contribution in [0.15, 0.2) is 22.3 Å². The van der Waals surface area contributed by atoms with Crippen molar-refractivity contribution < 1.29 is 4.42 Å². The molecule has 0 fully saturated rings. The Morgan fingerprint density at radius 3 is 3.07 bits per heavy atom. The van der Waals surface area contributed by atoms with Crippen molar-refractivity contribution in [2.75, 3.05) is 5.88 Å². The van der Waals surface area contributed by atoms with E-state index in [1.54, 1.807) is 29.2 Å². The first-order valence-electron chi connectivity index (χ1n) is 4.29. The number of thiazole rings is 1. The summed E-state index contributed by atoms with van der Waals surface area (Å²) in [4.78, 5) is 9.15. The zero-order valence-electron chi connectivity index (χ0n) is 7.44. The number of alkyl halides is 1. The number of halogens is 1. The van der Waals surface area contributed by atoms with E-state index in [-0.39, 0.29) is 0 Å². The number of hydrogen-bond acceptors (Lipinski definition) is 4. The number of nitrogens with zero attached hydrogens (tertiary/aromatic N) is 2. The van der Waals surface area contributed by atoms with Gasteiger partial charge in [-0.1, -0.05) is 0 Å². The fourth-order valence-corrected chi connectivity index (χ4v) is 1.80. The van der Waals surface area contributed by atoms with Crippen LogP contribution in [0.25, 0.3) is 10.6 Å². The highest BCUT2D eigenvalue weighted by atomic mass is 35.5. The van der Waals surface area contributed by atoms with Crippen LogP contribution in [0.1, 0.15) is 12.3 Å². The first kappa shape index (κ1) is 9.68. The van der Waals surface area contributed by atoms with Crippen LogP contribution in [0.5, 0.6) is 0 Å². The molecule has 0 unspecified atom stereocenters. The van der Waals surface area contributed by atoms with E-state index in [4.69, 9.17) is 16.0 Å². The predicted octanol–water partition coefficient (Wildman–Crippen LogP) is 2.97. The Balaban J connectivity index is 2.10. The number of oxazole rings is 1. The van der Waals surface area contributed by atoms with Crippen LogP contribution in [0.4, 0.5) is 0 Å². The summed E-state index contributed by atoms with van der Waals surface area (Å²) in [6.45, 7) is 0. The largest absolute Gasteiger partial charge is 0.440 e. The molecule has 0 bridgehead atoms. The second-order valence-corrected chi connectivity index (χ2v) is 4.04. The van der Waals surface area contributed by atoms with E-state index in [0.717, 1.165) is 29.4 Å². The summed E-state index contributed by atoms with van der Waals surface area (Å²) in [6.07, 6.45) is 5.19. The Kier molecular flexibility index (Phi) is 3.16. The van der Waals surface area contributed by atoms with Gasteiger partial charge in [0.25, 0.3) is 0 Å². The Morgan fingerprint density at radius 2 is 2.36 bits per heavy atom. The molecule has 0 saturated heterocycles. The lowest BCUT2D eigenvalue weighted by molar-refractivity contribution is 0.504. The van der Waals surface area contributed by atoms with Crippen LogP contribution < -0.4 is 0 Å². The fourth-order valence-electron chi connectivity index (χ4n) is 1.10. The highest BCUT2D eigenvalue weighted by molar-refractivity contribution is 7.13. The standard InChI is InChI=1S/C9H9ClN2OS/c10-3-1-2-9-12-4-7(13-9)8-5-11-6-14-8/h4-6H,1-3H2. The smallest absolute Gasteiger partial charge is 0.194 e. The summed E-state index contributed by atoms with van der Waals surface area (Å²) in [5, 5.41) is 0. The van der Waals surface area contributed by atoms with Crippen molar-refractivity contribution in [1.29, 1.82) is 0 Å². The first-order chi connectivity index (χ1) is 6.90. The van der Waals surface area contributed by atoms with Gasteiger partial charge in [0, 0.05) is 18.5 Å². The molecule has 0 radical (unpaired) electrons. The fraction of sp³-hybridized carbons (Fsp3) is 0.333. The molecule has 0 N–H and O–H groups in total. The molecule has 3 nitrogen and oxygen atoms in total.